The molecule has 2 saturated heterocycles. The lowest BCUT2D eigenvalue weighted by Gasteiger charge is -2.25. The fourth-order valence-electron chi connectivity index (χ4n) is 1.71. The number of carbonyl (C=O) groups is 1. The Morgan fingerprint density at radius 1 is 1.35 bits per heavy atom. The van der Waals surface area contributed by atoms with Crippen LogP contribution < -0.4 is 10.6 Å². The zero-order chi connectivity index (χ0) is 12.5. The van der Waals surface area contributed by atoms with Crippen molar-refractivity contribution >= 4 is 5.91 Å². The monoisotopic (exact) mass is 241 g/mol. The summed E-state index contributed by atoms with van der Waals surface area (Å²) in [5, 5.41) is 6.37. The largest absolute Gasteiger partial charge is 0.376 e. The van der Waals surface area contributed by atoms with Crippen LogP contribution >= 0.6 is 0 Å². The van der Waals surface area contributed by atoms with Crippen molar-refractivity contribution in [1.29, 1.82) is 0 Å². The molecule has 0 aromatic heterocycles. The Morgan fingerprint density at radius 3 is 2.47 bits per heavy atom. The number of hydrogen-bond donors (Lipinski definition) is 2. The minimum absolute atomic E-state index is 0.0431. The zero-order valence-corrected chi connectivity index (χ0v) is 10.6. The second kappa shape index (κ2) is 8.22. The molecule has 2 heterocycles. The van der Waals surface area contributed by atoms with Crippen molar-refractivity contribution in [2.24, 2.45) is 0 Å². The summed E-state index contributed by atoms with van der Waals surface area (Å²) in [5.74, 6) is 0.0431. The average molecular weight is 241 g/mol. The summed E-state index contributed by atoms with van der Waals surface area (Å²) in [7, 11) is 0. The standard InChI is InChI=1S/C7H12N2O.C5H11NO/c1-2-7(10)9-5-3-8-4-6-9;1-5-4-6-2-3-7-5/h2,8H,1,3-6H2;5-6H,2-4H2,1H3. The van der Waals surface area contributed by atoms with E-state index in [2.05, 4.69) is 24.1 Å². The molecule has 2 aliphatic rings. The van der Waals surface area contributed by atoms with Gasteiger partial charge in [0.15, 0.2) is 0 Å². The van der Waals surface area contributed by atoms with Crippen LogP contribution in [0.15, 0.2) is 12.7 Å². The second-order valence-corrected chi connectivity index (χ2v) is 4.16. The summed E-state index contributed by atoms with van der Waals surface area (Å²) in [5.41, 5.74) is 0. The summed E-state index contributed by atoms with van der Waals surface area (Å²) >= 11 is 0. The van der Waals surface area contributed by atoms with Gasteiger partial charge in [-0.2, -0.15) is 0 Å². The number of rotatable bonds is 1. The maximum Gasteiger partial charge on any atom is 0.246 e. The van der Waals surface area contributed by atoms with Crippen LogP contribution in [0.2, 0.25) is 0 Å². The number of morpholine rings is 1. The molecule has 0 aromatic rings. The van der Waals surface area contributed by atoms with Gasteiger partial charge in [-0.05, 0) is 13.0 Å². The summed E-state index contributed by atoms with van der Waals surface area (Å²) < 4.78 is 5.22. The first kappa shape index (κ1) is 14.2. The van der Waals surface area contributed by atoms with Crippen molar-refractivity contribution in [3.05, 3.63) is 12.7 Å². The van der Waals surface area contributed by atoms with Crippen molar-refractivity contribution in [3.8, 4) is 0 Å². The highest BCUT2D eigenvalue weighted by Gasteiger charge is 2.11. The highest BCUT2D eigenvalue weighted by molar-refractivity contribution is 5.87. The van der Waals surface area contributed by atoms with E-state index in [1.54, 1.807) is 4.90 Å². The molecule has 2 rings (SSSR count). The Bertz CT molecular complexity index is 234. The molecule has 2 aliphatic heterocycles. The van der Waals surface area contributed by atoms with Gasteiger partial charge in [0, 0.05) is 39.3 Å². The van der Waals surface area contributed by atoms with Crippen molar-refractivity contribution in [1.82, 2.24) is 15.5 Å². The number of amides is 1. The minimum atomic E-state index is 0.0431. The van der Waals surface area contributed by atoms with Crippen LogP contribution in [0.3, 0.4) is 0 Å². The van der Waals surface area contributed by atoms with Gasteiger partial charge in [-0.15, -0.1) is 0 Å². The highest BCUT2D eigenvalue weighted by atomic mass is 16.5. The van der Waals surface area contributed by atoms with E-state index in [4.69, 9.17) is 4.74 Å². The predicted molar refractivity (Wildman–Crippen MR) is 67.9 cm³/mol. The molecule has 0 aromatic carbocycles. The normalized spacial score (nSPS) is 24.5. The van der Waals surface area contributed by atoms with Gasteiger partial charge in [0.1, 0.15) is 0 Å². The third-order valence-corrected chi connectivity index (χ3v) is 2.72. The molecule has 2 fully saturated rings. The first-order valence-electron chi connectivity index (χ1n) is 6.18. The van der Waals surface area contributed by atoms with Gasteiger partial charge in [-0.1, -0.05) is 6.58 Å². The van der Waals surface area contributed by atoms with E-state index in [0.717, 1.165) is 45.9 Å². The van der Waals surface area contributed by atoms with Crippen LogP contribution in [0.4, 0.5) is 0 Å². The van der Waals surface area contributed by atoms with Crippen LogP contribution in [-0.4, -0.2) is 62.8 Å². The SMILES string of the molecule is C=CC(=O)N1CCNCC1.CC1CNCCO1. The van der Waals surface area contributed by atoms with Crippen molar-refractivity contribution in [2.75, 3.05) is 45.9 Å². The molecule has 98 valence electrons. The first-order chi connectivity index (χ1) is 8.24. The molecule has 1 atom stereocenters. The number of hydrogen-bond acceptors (Lipinski definition) is 4. The third-order valence-electron chi connectivity index (χ3n) is 2.72. The molecule has 0 bridgehead atoms. The van der Waals surface area contributed by atoms with Crippen LogP contribution in [0.5, 0.6) is 0 Å². The van der Waals surface area contributed by atoms with E-state index in [9.17, 15) is 4.79 Å². The molecule has 5 nitrogen and oxygen atoms in total. The van der Waals surface area contributed by atoms with Crippen molar-refractivity contribution in [3.63, 3.8) is 0 Å². The second-order valence-electron chi connectivity index (χ2n) is 4.16. The predicted octanol–water partition coefficient (Wildman–Crippen LogP) is -0.401. The van der Waals surface area contributed by atoms with Gasteiger partial charge in [-0.25, -0.2) is 0 Å². The average Bonchev–Trinajstić information content (AvgIpc) is 2.40. The number of nitrogens with one attached hydrogen (secondary N) is 2. The minimum Gasteiger partial charge on any atom is -0.376 e. The van der Waals surface area contributed by atoms with E-state index in [1.165, 1.54) is 6.08 Å². The maximum atomic E-state index is 10.9. The van der Waals surface area contributed by atoms with E-state index in [0.29, 0.717) is 6.10 Å². The van der Waals surface area contributed by atoms with Gasteiger partial charge < -0.3 is 20.3 Å². The zero-order valence-electron chi connectivity index (χ0n) is 10.6. The summed E-state index contributed by atoms with van der Waals surface area (Å²) in [6.45, 7) is 11.8. The Labute approximate surface area is 103 Å². The number of carbonyl (C=O) groups excluding carboxylic acids is 1. The topological polar surface area (TPSA) is 53.6 Å². The van der Waals surface area contributed by atoms with Gasteiger partial charge in [0.25, 0.3) is 0 Å². The molecular formula is C12H23N3O2. The summed E-state index contributed by atoms with van der Waals surface area (Å²) in [6.07, 6.45) is 1.79. The lowest BCUT2D eigenvalue weighted by Crippen LogP contribution is -2.45. The highest BCUT2D eigenvalue weighted by Crippen LogP contribution is 1.92. The van der Waals surface area contributed by atoms with Gasteiger partial charge in [0.2, 0.25) is 5.91 Å². The van der Waals surface area contributed by atoms with Crippen LogP contribution in [0.25, 0.3) is 0 Å². The molecule has 5 heteroatoms. The van der Waals surface area contributed by atoms with Gasteiger partial charge >= 0.3 is 0 Å². The smallest absolute Gasteiger partial charge is 0.246 e. The molecule has 17 heavy (non-hydrogen) atoms. The number of piperazine rings is 1. The lowest BCUT2D eigenvalue weighted by atomic mass is 10.3. The quantitative estimate of drug-likeness (QED) is 0.613. The van der Waals surface area contributed by atoms with E-state index >= 15 is 0 Å². The molecular weight excluding hydrogens is 218 g/mol. The molecule has 0 saturated carbocycles. The van der Waals surface area contributed by atoms with Crippen LogP contribution in [-0.2, 0) is 9.53 Å². The van der Waals surface area contributed by atoms with Gasteiger partial charge in [0.05, 0.1) is 12.7 Å². The fraction of sp³-hybridized carbons (Fsp3) is 0.750. The Balaban J connectivity index is 0.000000181. The Hall–Kier alpha value is -0.910. The third kappa shape index (κ3) is 5.81. The van der Waals surface area contributed by atoms with Crippen molar-refractivity contribution in [2.45, 2.75) is 13.0 Å². The van der Waals surface area contributed by atoms with E-state index in [1.807, 2.05) is 0 Å². The van der Waals surface area contributed by atoms with Gasteiger partial charge in [-0.3, -0.25) is 4.79 Å². The molecule has 0 radical (unpaired) electrons. The Kier molecular flexibility index (Phi) is 6.84. The van der Waals surface area contributed by atoms with Crippen LogP contribution in [0.1, 0.15) is 6.92 Å². The number of nitrogens with zero attached hydrogens (tertiary/aromatic N) is 1. The summed E-state index contributed by atoms with van der Waals surface area (Å²) in [6, 6.07) is 0. The van der Waals surface area contributed by atoms with Crippen molar-refractivity contribution < 1.29 is 9.53 Å². The molecule has 1 unspecified atom stereocenters. The first-order valence-corrected chi connectivity index (χ1v) is 6.18. The number of ether oxygens (including phenoxy) is 1. The molecule has 0 spiro atoms. The van der Waals surface area contributed by atoms with E-state index in [-0.39, 0.29) is 5.91 Å². The molecule has 0 aliphatic carbocycles. The van der Waals surface area contributed by atoms with Crippen LogP contribution in [0, 0.1) is 0 Å². The lowest BCUT2D eigenvalue weighted by molar-refractivity contribution is -0.126. The molecule has 1 amide bonds. The van der Waals surface area contributed by atoms with E-state index < -0.39 is 0 Å². The summed E-state index contributed by atoms with van der Waals surface area (Å²) in [4.78, 5) is 12.7. The Morgan fingerprint density at radius 2 is 2.06 bits per heavy atom. The maximum absolute atomic E-state index is 10.9. The molecule has 2 N–H and O–H groups in total. The fourth-order valence-corrected chi connectivity index (χ4v) is 1.71.